The molecule has 1 aromatic rings. The number of hydrogen-bond donors (Lipinski definition) is 0. The van der Waals surface area contributed by atoms with Crippen molar-refractivity contribution in [3.05, 3.63) is 17.4 Å². The van der Waals surface area contributed by atoms with E-state index in [9.17, 15) is 0 Å². The summed E-state index contributed by atoms with van der Waals surface area (Å²) in [5.74, 6) is 0. The van der Waals surface area contributed by atoms with Gasteiger partial charge in [-0.25, -0.2) is 0 Å². The fraction of sp³-hybridized carbons (Fsp3) is 0.200. The van der Waals surface area contributed by atoms with Crippen LogP contribution in [0.25, 0.3) is 0 Å². The van der Waals surface area contributed by atoms with Crippen molar-refractivity contribution in [1.82, 2.24) is 0 Å². The first-order valence-electron chi connectivity index (χ1n) is 2.11. The molecule has 0 fully saturated rings. The maximum absolute atomic E-state index is 2.37. The number of thiophene rings is 1. The van der Waals surface area contributed by atoms with Gasteiger partial charge in [0.05, 0.1) is 2.88 Å². The summed E-state index contributed by atoms with van der Waals surface area (Å²) in [5, 5.41) is 2.18. The molecule has 44 valence electrons. The summed E-state index contributed by atoms with van der Waals surface area (Å²) in [6, 6.07) is 0. The molecule has 0 aliphatic heterocycles. The first-order valence-corrected chi connectivity index (χ1v) is 5.14. The normalized spacial score (nSPS) is 9.88. The molecule has 1 rings (SSSR count). The predicted octanol–water partition coefficient (Wildman–Crippen LogP) is 3.27. The predicted molar refractivity (Wildman–Crippen MR) is 54.5 cm³/mol. The van der Waals surface area contributed by atoms with Gasteiger partial charge in [-0.1, -0.05) is 0 Å². The Morgan fingerprint density at radius 1 is 1.50 bits per heavy atom. The molecule has 3 heteroatoms. The van der Waals surface area contributed by atoms with Crippen molar-refractivity contribution in [1.29, 1.82) is 0 Å². The third kappa shape index (κ3) is 1.36. The summed E-state index contributed by atoms with van der Waals surface area (Å²) >= 11 is 6.53. The van der Waals surface area contributed by atoms with E-state index in [0.717, 1.165) is 0 Å². The smallest absolute Gasteiger partial charge is 0.0789 e. The van der Waals surface area contributed by atoms with E-state index in [2.05, 4.69) is 57.5 Å². The summed E-state index contributed by atoms with van der Waals surface area (Å²) < 4.78 is 2.81. The lowest BCUT2D eigenvalue weighted by Gasteiger charge is -1.82. The number of hydrogen-bond acceptors (Lipinski definition) is 1. The molecule has 0 aliphatic rings. The van der Waals surface area contributed by atoms with E-state index < -0.39 is 0 Å². The van der Waals surface area contributed by atoms with Crippen molar-refractivity contribution in [2.45, 2.75) is 6.92 Å². The highest BCUT2D eigenvalue weighted by Crippen LogP contribution is 2.24. The molecule has 0 saturated heterocycles. The van der Waals surface area contributed by atoms with E-state index >= 15 is 0 Å². The topological polar surface area (TPSA) is 0 Å². The van der Waals surface area contributed by atoms with Gasteiger partial charge in [-0.15, -0.1) is 11.3 Å². The van der Waals surface area contributed by atoms with Crippen molar-refractivity contribution in [2.75, 3.05) is 0 Å². The number of halogens is 2. The Kier molecular flexibility index (Phi) is 2.57. The summed E-state index contributed by atoms with van der Waals surface area (Å²) in [7, 11) is 0. The summed E-state index contributed by atoms with van der Waals surface area (Å²) in [4.78, 5) is 0. The quantitative estimate of drug-likeness (QED) is 0.631. The van der Waals surface area contributed by atoms with Gasteiger partial charge in [0, 0.05) is 3.57 Å². The van der Waals surface area contributed by atoms with Crippen LogP contribution in [0.1, 0.15) is 5.56 Å². The maximum atomic E-state index is 2.37. The zero-order chi connectivity index (χ0) is 6.15. The van der Waals surface area contributed by atoms with Crippen LogP contribution in [0.2, 0.25) is 0 Å². The number of aryl methyl sites for hydroxylation is 1. The fourth-order valence-electron chi connectivity index (χ4n) is 0.399. The zero-order valence-electron chi connectivity index (χ0n) is 4.24. The van der Waals surface area contributed by atoms with Crippen molar-refractivity contribution >= 4 is 56.5 Å². The third-order valence-corrected chi connectivity index (χ3v) is 5.83. The summed E-state index contributed by atoms with van der Waals surface area (Å²) in [6.07, 6.45) is 0. The van der Waals surface area contributed by atoms with Gasteiger partial charge in [0.15, 0.2) is 0 Å². The highest BCUT2D eigenvalue weighted by Gasteiger charge is 1.99. The van der Waals surface area contributed by atoms with Crippen LogP contribution < -0.4 is 0 Å². The van der Waals surface area contributed by atoms with Gasteiger partial charge in [-0.2, -0.15) is 0 Å². The minimum Gasteiger partial charge on any atom is -0.136 e. The van der Waals surface area contributed by atoms with Crippen LogP contribution in [0.4, 0.5) is 0 Å². The van der Waals surface area contributed by atoms with E-state index in [-0.39, 0.29) is 0 Å². The van der Waals surface area contributed by atoms with Crippen molar-refractivity contribution in [2.24, 2.45) is 0 Å². The Morgan fingerprint density at radius 3 is 2.25 bits per heavy atom. The van der Waals surface area contributed by atoms with Crippen LogP contribution in [0.3, 0.4) is 0 Å². The Morgan fingerprint density at radius 2 is 2.12 bits per heavy atom. The molecular formula is C5H4I2S. The van der Waals surface area contributed by atoms with Gasteiger partial charge in [-0.3, -0.25) is 0 Å². The van der Waals surface area contributed by atoms with Crippen molar-refractivity contribution < 1.29 is 0 Å². The molecule has 0 aliphatic carbocycles. The van der Waals surface area contributed by atoms with E-state index in [1.165, 1.54) is 12.0 Å². The molecule has 8 heavy (non-hydrogen) atoms. The maximum Gasteiger partial charge on any atom is 0.0789 e. The molecule has 0 atom stereocenters. The van der Waals surface area contributed by atoms with Crippen LogP contribution in [-0.2, 0) is 0 Å². The molecule has 0 unspecified atom stereocenters. The summed E-state index contributed by atoms with van der Waals surface area (Å²) in [5.41, 5.74) is 1.40. The molecule has 0 amide bonds. The van der Waals surface area contributed by atoms with Crippen LogP contribution in [-0.4, -0.2) is 0 Å². The molecular weight excluding hydrogens is 346 g/mol. The van der Waals surface area contributed by atoms with Gasteiger partial charge >= 0.3 is 0 Å². The molecule has 1 heterocycles. The zero-order valence-corrected chi connectivity index (χ0v) is 9.37. The lowest BCUT2D eigenvalue weighted by Crippen LogP contribution is -1.68. The fourth-order valence-corrected chi connectivity index (χ4v) is 2.62. The van der Waals surface area contributed by atoms with Gasteiger partial charge in [0.2, 0.25) is 0 Å². The van der Waals surface area contributed by atoms with Crippen molar-refractivity contribution in [3.63, 3.8) is 0 Å². The third-order valence-electron chi connectivity index (χ3n) is 0.858. The largest absolute Gasteiger partial charge is 0.136 e. The van der Waals surface area contributed by atoms with Gasteiger partial charge in [0.1, 0.15) is 0 Å². The molecule has 0 radical (unpaired) electrons. The second-order valence-corrected chi connectivity index (χ2v) is 5.28. The van der Waals surface area contributed by atoms with Crippen LogP contribution in [0, 0.1) is 13.4 Å². The Hall–Kier alpha value is 1.16. The molecule has 0 nitrogen and oxygen atoms in total. The monoisotopic (exact) mass is 350 g/mol. The molecule has 0 spiro atoms. The minimum atomic E-state index is 1.40. The van der Waals surface area contributed by atoms with Crippen molar-refractivity contribution in [3.8, 4) is 0 Å². The molecule has 0 N–H and O–H groups in total. The first kappa shape index (κ1) is 7.27. The van der Waals surface area contributed by atoms with Gasteiger partial charge in [0.25, 0.3) is 0 Å². The average Bonchev–Trinajstić information content (AvgIpc) is 1.98. The summed E-state index contributed by atoms with van der Waals surface area (Å²) in [6.45, 7) is 2.14. The van der Waals surface area contributed by atoms with Crippen LogP contribution in [0.5, 0.6) is 0 Å². The van der Waals surface area contributed by atoms with E-state index in [1.807, 2.05) is 11.3 Å². The highest BCUT2D eigenvalue weighted by molar-refractivity contribution is 14.1. The molecule has 0 saturated carbocycles. The highest BCUT2D eigenvalue weighted by atomic mass is 127. The average molecular weight is 350 g/mol. The van der Waals surface area contributed by atoms with Gasteiger partial charge in [-0.05, 0) is 63.0 Å². The Balaban J connectivity index is 3.19. The Bertz CT molecular complexity index is 173. The van der Waals surface area contributed by atoms with Crippen LogP contribution in [0.15, 0.2) is 5.38 Å². The second-order valence-electron chi connectivity index (χ2n) is 1.51. The van der Waals surface area contributed by atoms with E-state index in [0.29, 0.717) is 0 Å². The SMILES string of the molecule is Cc1csc(I)c1I. The Labute approximate surface area is 80.0 Å². The molecule has 0 bridgehead atoms. The molecule has 0 aromatic carbocycles. The van der Waals surface area contributed by atoms with E-state index in [1.54, 1.807) is 0 Å². The first-order chi connectivity index (χ1) is 3.72. The minimum absolute atomic E-state index is 1.40. The number of rotatable bonds is 0. The lowest BCUT2D eigenvalue weighted by molar-refractivity contribution is 1.50. The lowest BCUT2D eigenvalue weighted by atomic mass is 10.4. The van der Waals surface area contributed by atoms with Gasteiger partial charge < -0.3 is 0 Å². The van der Waals surface area contributed by atoms with Crippen LogP contribution >= 0.6 is 56.5 Å². The van der Waals surface area contributed by atoms with E-state index in [4.69, 9.17) is 0 Å². The molecule has 1 aromatic heterocycles. The standard InChI is InChI=1S/C5H4I2S/c1-3-2-8-5(7)4(3)6/h2H,1H3. The second kappa shape index (κ2) is 2.83.